The number of benzene rings is 7. The first-order valence-corrected chi connectivity index (χ1v) is 15.9. The Morgan fingerprint density at radius 3 is 1.74 bits per heavy atom. The molecule has 0 fully saturated rings. The number of nitrogens with zero attached hydrogens (tertiary/aromatic N) is 2. The standard InChI is InChI=1S/C44H30N2/c1-3-41-45-43(42-27(2)33-22-20-30(26-40(33)44(42)46-41)28-12-5-4-6-13-28)32-15-11-14-29(24-32)31-21-23-38-36-18-8-7-16-34(36)35-17-9-10-19-37(35)39(38)25-31/h3-27H,1H2,2H3. The van der Waals surface area contributed by atoms with E-state index in [1.54, 1.807) is 6.08 Å². The third-order valence-electron chi connectivity index (χ3n) is 9.67. The van der Waals surface area contributed by atoms with Crippen molar-refractivity contribution in [3.63, 3.8) is 0 Å². The summed E-state index contributed by atoms with van der Waals surface area (Å²) < 4.78 is 0. The Bertz CT molecular complexity index is 2470. The molecule has 0 saturated carbocycles. The second-order valence-corrected chi connectivity index (χ2v) is 12.2. The maximum Gasteiger partial charge on any atom is 0.152 e. The molecule has 0 spiro atoms. The van der Waals surface area contributed by atoms with Crippen LogP contribution in [0.2, 0.25) is 0 Å². The quantitative estimate of drug-likeness (QED) is 0.192. The van der Waals surface area contributed by atoms with Crippen LogP contribution >= 0.6 is 0 Å². The van der Waals surface area contributed by atoms with Gasteiger partial charge in [0.25, 0.3) is 0 Å². The van der Waals surface area contributed by atoms with Gasteiger partial charge in [-0.15, -0.1) is 0 Å². The van der Waals surface area contributed by atoms with Crippen LogP contribution in [-0.4, -0.2) is 9.97 Å². The van der Waals surface area contributed by atoms with E-state index in [-0.39, 0.29) is 5.92 Å². The summed E-state index contributed by atoms with van der Waals surface area (Å²) in [7, 11) is 0. The van der Waals surface area contributed by atoms with E-state index < -0.39 is 0 Å². The minimum absolute atomic E-state index is 0.174. The van der Waals surface area contributed by atoms with Crippen LogP contribution in [-0.2, 0) is 0 Å². The lowest BCUT2D eigenvalue weighted by molar-refractivity contribution is 0.938. The van der Waals surface area contributed by atoms with E-state index in [2.05, 4.69) is 153 Å². The highest BCUT2D eigenvalue weighted by atomic mass is 14.9. The molecule has 0 bridgehead atoms. The molecule has 8 aromatic rings. The van der Waals surface area contributed by atoms with Crippen LogP contribution in [0, 0.1) is 0 Å². The van der Waals surface area contributed by atoms with Gasteiger partial charge in [0.15, 0.2) is 5.82 Å². The predicted octanol–water partition coefficient (Wildman–Crippen LogP) is 11.7. The monoisotopic (exact) mass is 586 g/mol. The summed E-state index contributed by atoms with van der Waals surface area (Å²) in [6.07, 6.45) is 1.76. The van der Waals surface area contributed by atoms with Gasteiger partial charge in [-0.25, -0.2) is 9.97 Å². The Kier molecular flexibility index (Phi) is 5.97. The largest absolute Gasteiger partial charge is 0.228 e. The molecule has 1 heterocycles. The van der Waals surface area contributed by atoms with Crippen LogP contribution in [0.5, 0.6) is 0 Å². The summed E-state index contributed by atoms with van der Waals surface area (Å²) in [5.74, 6) is 0.820. The Morgan fingerprint density at radius 2 is 1.02 bits per heavy atom. The molecule has 0 aliphatic heterocycles. The van der Waals surface area contributed by atoms with Gasteiger partial charge in [-0.05, 0) is 84.4 Å². The summed E-state index contributed by atoms with van der Waals surface area (Å²) in [6.45, 7) is 6.32. The van der Waals surface area contributed by atoms with Crippen molar-refractivity contribution in [2.75, 3.05) is 0 Å². The summed E-state index contributed by atoms with van der Waals surface area (Å²) in [4.78, 5) is 10.1. The minimum Gasteiger partial charge on any atom is -0.228 e. The fraction of sp³-hybridized carbons (Fsp3) is 0.0455. The SMILES string of the molecule is C=Cc1nc(-c2cccc(-c3ccc4c5ccccc5c5ccccc5c4c3)c2)c2c(n1)-c1cc(-c3ccccc3)ccc1C2C. The summed E-state index contributed by atoms with van der Waals surface area (Å²) >= 11 is 0. The second kappa shape index (κ2) is 10.4. The van der Waals surface area contributed by atoms with Crippen molar-refractivity contribution in [2.24, 2.45) is 0 Å². The molecule has 1 atom stereocenters. The zero-order valence-electron chi connectivity index (χ0n) is 25.5. The topological polar surface area (TPSA) is 25.8 Å². The molecule has 1 aliphatic carbocycles. The molecule has 0 radical (unpaired) electrons. The highest BCUT2D eigenvalue weighted by Crippen LogP contribution is 2.48. The Morgan fingerprint density at radius 1 is 0.478 bits per heavy atom. The lowest BCUT2D eigenvalue weighted by Crippen LogP contribution is -2.01. The number of rotatable bonds is 4. The molecule has 1 aliphatic rings. The van der Waals surface area contributed by atoms with Crippen LogP contribution in [0.1, 0.15) is 29.8 Å². The number of hydrogen-bond acceptors (Lipinski definition) is 2. The van der Waals surface area contributed by atoms with E-state index in [9.17, 15) is 0 Å². The predicted molar refractivity (Wildman–Crippen MR) is 194 cm³/mol. The Balaban J connectivity index is 1.20. The number of hydrogen-bond donors (Lipinski definition) is 0. The third kappa shape index (κ3) is 4.04. The summed E-state index contributed by atoms with van der Waals surface area (Å²) in [5.41, 5.74) is 11.5. The molecule has 0 N–H and O–H groups in total. The smallest absolute Gasteiger partial charge is 0.152 e. The molecule has 1 unspecified atom stereocenters. The van der Waals surface area contributed by atoms with E-state index in [1.807, 2.05) is 0 Å². The van der Waals surface area contributed by atoms with Gasteiger partial charge in [0.1, 0.15) is 0 Å². The average molecular weight is 587 g/mol. The molecule has 216 valence electrons. The van der Waals surface area contributed by atoms with Gasteiger partial charge in [0.05, 0.1) is 11.4 Å². The van der Waals surface area contributed by atoms with Crippen molar-refractivity contribution < 1.29 is 0 Å². The fourth-order valence-corrected chi connectivity index (χ4v) is 7.45. The van der Waals surface area contributed by atoms with Crippen LogP contribution in [0.25, 0.3) is 83.2 Å². The lowest BCUT2D eigenvalue weighted by Gasteiger charge is -2.15. The molecule has 0 saturated heterocycles. The third-order valence-corrected chi connectivity index (χ3v) is 9.67. The maximum absolute atomic E-state index is 5.08. The maximum atomic E-state index is 5.08. The summed E-state index contributed by atoms with van der Waals surface area (Å²) in [5, 5.41) is 7.69. The van der Waals surface area contributed by atoms with Crippen molar-refractivity contribution in [3.05, 3.63) is 163 Å². The first kappa shape index (κ1) is 26.5. The van der Waals surface area contributed by atoms with Crippen molar-refractivity contribution >= 4 is 38.4 Å². The first-order valence-electron chi connectivity index (χ1n) is 15.9. The van der Waals surface area contributed by atoms with Crippen LogP contribution in [0.15, 0.2) is 146 Å². The number of aromatic nitrogens is 2. The molecule has 9 rings (SSSR count). The number of fused-ring (bicyclic) bond motifs is 9. The van der Waals surface area contributed by atoms with Gasteiger partial charge >= 0.3 is 0 Å². The van der Waals surface area contributed by atoms with E-state index in [1.165, 1.54) is 71.3 Å². The Labute approximate surface area is 268 Å². The van der Waals surface area contributed by atoms with Crippen molar-refractivity contribution in [3.8, 4) is 44.8 Å². The normalized spacial score (nSPS) is 13.6. The summed E-state index contributed by atoms with van der Waals surface area (Å²) in [6, 6.07) is 50.5. The van der Waals surface area contributed by atoms with E-state index >= 15 is 0 Å². The van der Waals surface area contributed by atoms with Gasteiger partial charge in [0.2, 0.25) is 0 Å². The van der Waals surface area contributed by atoms with Crippen molar-refractivity contribution in [2.45, 2.75) is 12.8 Å². The van der Waals surface area contributed by atoms with Crippen LogP contribution in [0.4, 0.5) is 0 Å². The van der Waals surface area contributed by atoms with Gasteiger partial charge in [-0.2, -0.15) is 0 Å². The highest BCUT2D eigenvalue weighted by molar-refractivity contribution is 6.25. The Hall–Kier alpha value is -5.86. The molecule has 1 aromatic heterocycles. The first-order chi connectivity index (χ1) is 22.7. The van der Waals surface area contributed by atoms with Gasteiger partial charge < -0.3 is 0 Å². The fourth-order valence-electron chi connectivity index (χ4n) is 7.45. The second-order valence-electron chi connectivity index (χ2n) is 12.2. The molecule has 2 nitrogen and oxygen atoms in total. The van der Waals surface area contributed by atoms with Gasteiger partial charge in [-0.3, -0.25) is 0 Å². The molecule has 2 heteroatoms. The molecule has 7 aromatic carbocycles. The average Bonchev–Trinajstić information content (AvgIpc) is 3.42. The van der Waals surface area contributed by atoms with Crippen LogP contribution in [0.3, 0.4) is 0 Å². The zero-order chi connectivity index (χ0) is 30.8. The zero-order valence-corrected chi connectivity index (χ0v) is 25.5. The van der Waals surface area contributed by atoms with Crippen LogP contribution < -0.4 is 0 Å². The molecule has 46 heavy (non-hydrogen) atoms. The van der Waals surface area contributed by atoms with E-state index in [0.717, 1.165) is 17.0 Å². The van der Waals surface area contributed by atoms with E-state index in [0.29, 0.717) is 5.82 Å². The van der Waals surface area contributed by atoms with Crippen molar-refractivity contribution in [1.82, 2.24) is 9.97 Å². The molecular weight excluding hydrogens is 556 g/mol. The van der Waals surface area contributed by atoms with Gasteiger partial charge in [-0.1, -0.05) is 135 Å². The van der Waals surface area contributed by atoms with Crippen molar-refractivity contribution in [1.29, 1.82) is 0 Å². The highest BCUT2D eigenvalue weighted by Gasteiger charge is 2.31. The molecular formula is C44H30N2. The minimum atomic E-state index is 0.174. The molecule has 0 amide bonds. The van der Waals surface area contributed by atoms with Gasteiger partial charge in [0, 0.05) is 22.6 Å². The lowest BCUT2D eigenvalue weighted by atomic mass is 9.91. The van der Waals surface area contributed by atoms with E-state index in [4.69, 9.17) is 9.97 Å².